The van der Waals surface area contributed by atoms with Crippen molar-refractivity contribution in [1.82, 2.24) is 0 Å². The molecule has 0 fully saturated rings. The number of rotatable bonds is 6. The summed E-state index contributed by atoms with van der Waals surface area (Å²) in [4.78, 5) is 2.41. The number of nitrogens with zero attached hydrogens (tertiary/aromatic N) is 1. The van der Waals surface area contributed by atoms with Crippen LogP contribution >= 0.6 is 0 Å². The molecule has 1 aliphatic carbocycles. The van der Waals surface area contributed by atoms with Gasteiger partial charge in [-0.15, -0.1) is 0 Å². The number of para-hydroxylation sites is 1. The van der Waals surface area contributed by atoms with Crippen LogP contribution in [0.3, 0.4) is 0 Å². The Balaban J connectivity index is 1.14. The van der Waals surface area contributed by atoms with Gasteiger partial charge in [-0.05, 0) is 126 Å². The molecule has 10 rings (SSSR count). The van der Waals surface area contributed by atoms with Gasteiger partial charge >= 0.3 is 0 Å². The summed E-state index contributed by atoms with van der Waals surface area (Å²) in [5.41, 5.74) is 16.0. The van der Waals surface area contributed by atoms with Crippen LogP contribution in [-0.2, 0) is 5.41 Å². The van der Waals surface area contributed by atoms with Crippen LogP contribution in [0.15, 0.2) is 200 Å². The third kappa shape index (κ3) is 5.24. The van der Waals surface area contributed by atoms with Crippen LogP contribution < -0.4 is 4.90 Å². The van der Waals surface area contributed by atoms with E-state index < -0.39 is 0 Å². The first-order valence-corrected chi connectivity index (χ1v) is 18.8. The Hall–Kier alpha value is -6.70. The molecule has 0 aliphatic heterocycles. The van der Waals surface area contributed by atoms with Crippen molar-refractivity contribution in [2.24, 2.45) is 0 Å². The van der Waals surface area contributed by atoms with Gasteiger partial charge in [0.15, 0.2) is 0 Å². The van der Waals surface area contributed by atoms with Crippen molar-refractivity contribution in [3.05, 3.63) is 211 Å². The van der Waals surface area contributed by atoms with Crippen LogP contribution in [0.5, 0.6) is 0 Å². The van der Waals surface area contributed by atoms with Crippen molar-refractivity contribution in [3.63, 3.8) is 0 Å². The molecule has 0 bridgehead atoms. The molecule has 256 valence electrons. The zero-order valence-corrected chi connectivity index (χ0v) is 30.5. The van der Waals surface area contributed by atoms with Crippen LogP contribution in [0.1, 0.15) is 25.0 Å². The predicted octanol–water partition coefficient (Wildman–Crippen LogP) is 14.8. The van der Waals surface area contributed by atoms with E-state index in [1.54, 1.807) is 0 Å². The van der Waals surface area contributed by atoms with E-state index in [2.05, 4.69) is 219 Å². The van der Waals surface area contributed by atoms with Crippen LogP contribution in [0.2, 0.25) is 0 Å². The van der Waals surface area contributed by atoms with Crippen molar-refractivity contribution in [2.45, 2.75) is 19.3 Å². The number of fused-ring (bicyclic) bond motifs is 5. The van der Waals surface area contributed by atoms with Crippen LogP contribution in [0.4, 0.5) is 17.1 Å². The lowest BCUT2D eigenvalue weighted by molar-refractivity contribution is 0.660. The highest BCUT2D eigenvalue weighted by atomic mass is 15.1. The highest BCUT2D eigenvalue weighted by molar-refractivity contribution is 6.03. The summed E-state index contributed by atoms with van der Waals surface area (Å²) in [6.45, 7) is 4.76. The molecule has 0 spiro atoms. The van der Waals surface area contributed by atoms with Crippen molar-refractivity contribution in [2.75, 3.05) is 4.90 Å². The number of hydrogen-bond donors (Lipinski definition) is 0. The van der Waals surface area contributed by atoms with Gasteiger partial charge in [0.2, 0.25) is 0 Å². The summed E-state index contributed by atoms with van der Waals surface area (Å²) in [7, 11) is 0. The predicted molar refractivity (Wildman–Crippen MR) is 230 cm³/mol. The molecule has 1 nitrogen and oxygen atoms in total. The third-order valence-electron chi connectivity index (χ3n) is 11.4. The van der Waals surface area contributed by atoms with Crippen molar-refractivity contribution in [3.8, 4) is 44.5 Å². The van der Waals surface area contributed by atoms with E-state index in [1.165, 1.54) is 77.2 Å². The quantitative estimate of drug-likeness (QED) is 0.168. The molecule has 1 heteroatoms. The van der Waals surface area contributed by atoms with Gasteiger partial charge in [-0.2, -0.15) is 0 Å². The summed E-state index contributed by atoms with van der Waals surface area (Å²) in [6.07, 6.45) is 0. The highest BCUT2D eigenvalue weighted by Crippen LogP contribution is 2.54. The molecular formula is C53H39N. The molecule has 0 amide bonds. The third-order valence-corrected chi connectivity index (χ3v) is 11.4. The Bertz CT molecular complexity index is 2840. The first-order valence-electron chi connectivity index (χ1n) is 18.8. The zero-order valence-electron chi connectivity index (χ0n) is 30.5. The summed E-state index contributed by atoms with van der Waals surface area (Å²) in [6, 6.07) is 73.4. The molecule has 0 N–H and O–H groups in total. The number of benzene rings is 9. The highest BCUT2D eigenvalue weighted by Gasteiger charge is 2.37. The standard InChI is InChI=1S/C53H39N/c1-53(2)50-29-15-28-46(45-27-14-21-36-18-11-12-26-44(36)45)52(50)47-31-30-43(35-51(47)53)54(41-23-7-4-8-24-41)42-25-13-22-40(32-42)49-34-39-20-10-9-19-38(39)33-48(49)37-16-5-3-6-17-37/h3-35H,1-2H3. The molecule has 0 saturated heterocycles. The summed E-state index contributed by atoms with van der Waals surface area (Å²) in [5, 5.41) is 5.03. The van der Waals surface area contributed by atoms with Gasteiger partial charge in [0.1, 0.15) is 0 Å². The first-order chi connectivity index (χ1) is 26.5. The molecule has 0 saturated carbocycles. The molecule has 54 heavy (non-hydrogen) atoms. The lowest BCUT2D eigenvalue weighted by atomic mass is 9.81. The fourth-order valence-electron chi connectivity index (χ4n) is 8.77. The minimum atomic E-state index is -0.179. The minimum absolute atomic E-state index is 0.179. The summed E-state index contributed by atoms with van der Waals surface area (Å²) in [5.74, 6) is 0. The average Bonchev–Trinajstić information content (AvgIpc) is 3.46. The lowest BCUT2D eigenvalue weighted by Gasteiger charge is -2.28. The van der Waals surface area contributed by atoms with Gasteiger partial charge in [0, 0.05) is 22.5 Å². The SMILES string of the molecule is CC1(C)c2cc(N(c3ccccc3)c3cccc(-c4cc5ccccc5cc4-c4ccccc4)c3)ccc2-c2c(-c3cccc4ccccc34)cccc21. The molecule has 0 atom stereocenters. The van der Waals surface area contributed by atoms with Crippen LogP contribution in [0, 0.1) is 0 Å². The Labute approximate surface area is 317 Å². The number of anilines is 3. The molecule has 9 aromatic carbocycles. The molecular weight excluding hydrogens is 651 g/mol. The second kappa shape index (κ2) is 12.8. The van der Waals surface area contributed by atoms with Gasteiger partial charge in [-0.1, -0.05) is 166 Å². The van der Waals surface area contributed by atoms with E-state index in [1.807, 2.05) is 0 Å². The second-order valence-corrected chi connectivity index (χ2v) is 14.9. The van der Waals surface area contributed by atoms with Gasteiger partial charge in [0.25, 0.3) is 0 Å². The Morgan fingerprint density at radius 2 is 0.889 bits per heavy atom. The summed E-state index contributed by atoms with van der Waals surface area (Å²) < 4.78 is 0. The van der Waals surface area contributed by atoms with E-state index in [4.69, 9.17) is 0 Å². The smallest absolute Gasteiger partial charge is 0.0467 e. The monoisotopic (exact) mass is 689 g/mol. The van der Waals surface area contributed by atoms with E-state index in [9.17, 15) is 0 Å². The normalized spacial score (nSPS) is 12.8. The fourth-order valence-corrected chi connectivity index (χ4v) is 8.77. The molecule has 0 aromatic heterocycles. The largest absolute Gasteiger partial charge is 0.310 e. The zero-order chi connectivity index (χ0) is 36.2. The maximum Gasteiger partial charge on any atom is 0.0467 e. The van der Waals surface area contributed by atoms with Crippen molar-refractivity contribution >= 4 is 38.6 Å². The van der Waals surface area contributed by atoms with Gasteiger partial charge in [0.05, 0.1) is 0 Å². The average molecular weight is 690 g/mol. The van der Waals surface area contributed by atoms with Gasteiger partial charge < -0.3 is 4.90 Å². The maximum atomic E-state index is 2.44. The summed E-state index contributed by atoms with van der Waals surface area (Å²) >= 11 is 0. The Kier molecular flexibility index (Phi) is 7.56. The lowest BCUT2D eigenvalue weighted by Crippen LogP contribution is -2.16. The maximum absolute atomic E-state index is 2.44. The van der Waals surface area contributed by atoms with E-state index in [0.717, 1.165) is 17.1 Å². The Morgan fingerprint density at radius 3 is 1.67 bits per heavy atom. The first kappa shape index (κ1) is 32.0. The van der Waals surface area contributed by atoms with Gasteiger partial charge in [-0.3, -0.25) is 0 Å². The second-order valence-electron chi connectivity index (χ2n) is 14.9. The molecule has 1 aliphatic rings. The van der Waals surface area contributed by atoms with Crippen LogP contribution in [-0.4, -0.2) is 0 Å². The molecule has 0 radical (unpaired) electrons. The van der Waals surface area contributed by atoms with E-state index in [0.29, 0.717) is 0 Å². The van der Waals surface area contributed by atoms with Crippen LogP contribution in [0.25, 0.3) is 66.1 Å². The molecule has 9 aromatic rings. The minimum Gasteiger partial charge on any atom is -0.310 e. The number of hydrogen-bond acceptors (Lipinski definition) is 1. The van der Waals surface area contributed by atoms with Crippen molar-refractivity contribution < 1.29 is 0 Å². The van der Waals surface area contributed by atoms with E-state index >= 15 is 0 Å². The molecule has 0 heterocycles. The van der Waals surface area contributed by atoms with Crippen molar-refractivity contribution in [1.29, 1.82) is 0 Å². The Morgan fingerprint density at radius 1 is 0.333 bits per heavy atom. The fraction of sp³-hybridized carbons (Fsp3) is 0.0566. The molecule has 0 unspecified atom stereocenters. The van der Waals surface area contributed by atoms with Gasteiger partial charge in [-0.25, -0.2) is 0 Å². The van der Waals surface area contributed by atoms with E-state index in [-0.39, 0.29) is 5.41 Å². The topological polar surface area (TPSA) is 3.24 Å².